The van der Waals surface area contributed by atoms with E-state index in [-0.39, 0.29) is 0 Å². The minimum atomic E-state index is -2.00. The van der Waals surface area contributed by atoms with E-state index in [0.29, 0.717) is 0 Å². The molecule has 0 saturated carbocycles. The molecular formula is C9H18NOP. The quantitative estimate of drug-likeness (QED) is 0.500. The molecule has 0 radical (unpaired) electrons. The molecule has 1 heterocycles. The van der Waals surface area contributed by atoms with E-state index in [1.807, 2.05) is 0 Å². The Morgan fingerprint density at radius 1 is 1.50 bits per heavy atom. The van der Waals surface area contributed by atoms with Crippen LogP contribution in [0.5, 0.6) is 0 Å². The maximum absolute atomic E-state index is 12.3. The van der Waals surface area contributed by atoms with Crippen molar-refractivity contribution in [2.75, 3.05) is 25.4 Å². The van der Waals surface area contributed by atoms with Crippen molar-refractivity contribution in [3.8, 4) is 0 Å². The second kappa shape index (κ2) is 3.76. The molecule has 0 fully saturated rings. The molecule has 0 aromatic heterocycles. The summed E-state index contributed by atoms with van der Waals surface area (Å²) in [4.78, 5) is 0. The van der Waals surface area contributed by atoms with Crippen molar-refractivity contribution in [3.63, 3.8) is 0 Å². The summed E-state index contributed by atoms with van der Waals surface area (Å²) in [5, 5.41) is 0. The molecule has 0 aliphatic carbocycles. The van der Waals surface area contributed by atoms with Gasteiger partial charge >= 0.3 is 0 Å². The fourth-order valence-corrected chi connectivity index (χ4v) is 4.87. The Kier molecular flexibility index (Phi) is 3.14. The second-order valence-electron chi connectivity index (χ2n) is 3.38. The molecule has 3 heteroatoms. The Morgan fingerprint density at radius 2 is 2.08 bits per heavy atom. The zero-order valence-corrected chi connectivity index (χ0v) is 9.10. The summed E-state index contributed by atoms with van der Waals surface area (Å²) >= 11 is 0. The van der Waals surface area contributed by atoms with Gasteiger partial charge in [0.15, 0.2) is 7.29 Å². The third kappa shape index (κ3) is 1.81. The van der Waals surface area contributed by atoms with E-state index < -0.39 is 7.29 Å². The normalized spacial score (nSPS) is 29.5. The van der Waals surface area contributed by atoms with E-state index >= 15 is 0 Å². The van der Waals surface area contributed by atoms with Crippen molar-refractivity contribution >= 4 is 7.29 Å². The summed E-state index contributed by atoms with van der Waals surface area (Å²) in [6.07, 6.45) is 3.73. The van der Waals surface area contributed by atoms with Crippen LogP contribution in [0.3, 0.4) is 0 Å². The second-order valence-corrected chi connectivity index (χ2v) is 6.32. The zero-order chi connectivity index (χ0) is 9.19. The van der Waals surface area contributed by atoms with Gasteiger partial charge < -0.3 is 4.57 Å². The van der Waals surface area contributed by atoms with Gasteiger partial charge in [0.2, 0.25) is 0 Å². The van der Waals surface area contributed by atoms with Crippen molar-refractivity contribution < 1.29 is 4.57 Å². The van der Waals surface area contributed by atoms with E-state index in [4.69, 9.17) is 0 Å². The maximum Gasteiger partial charge on any atom is 0.157 e. The van der Waals surface area contributed by atoms with Crippen molar-refractivity contribution in [2.45, 2.75) is 20.8 Å². The summed E-state index contributed by atoms with van der Waals surface area (Å²) in [6.45, 7) is 8.06. The van der Waals surface area contributed by atoms with Crippen LogP contribution in [0.4, 0.5) is 0 Å². The molecule has 1 aliphatic heterocycles. The van der Waals surface area contributed by atoms with E-state index in [1.54, 1.807) is 0 Å². The molecule has 2 nitrogen and oxygen atoms in total. The molecule has 70 valence electrons. The van der Waals surface area contributed by atoms with Crippen molar-refractivity contribution in [1.29, 1.82) is 0 Å². The van der Waals surface area contributed by atoms with Crippen molar-refractivity contribution in [1.82, 2.24) is 4.67 Å². The van der Waals surface area contributed by atoms with Gasteiger partial charge in [-0.25, -0.2) is 0 Å². The monoisotopic (exact) mass is 187 g/mol. The lowest BCUT2D eigenvalue weighted by atomic mass is 10.3. The molecule has 1 rings (SSSR count). The lowest BCUT2D eigenvalue weighted by Crippen LogP contribution is -2.21. The van der Waals surface area contributed by atoms with Crippen LogP contribution in [0.15, 0.2) is 11.6 Å². The predicted molar refractivity (Wildman–Crippen MR) is 54.0 cm³/mol. The number of hydrogen-bond donors (Lipinski definition) is 0. The van der Waals surface area contributed by atoms with Gasteiger partial charge in [-0.2, -0.15) is 0 Å². The molecule has 1 atom stereocenters. The molecule has 0 bridgehead atoms. The molecule has 0 aromatic carbocycles. The van der Waals surface area contributed by atoms with E-state index in [1.165, 1.54) is 5.57 Å². The minimum absolute atomic E-state index is 0.792. The maximum atomic E-state index is 12.3. The first-order valence-corrected chi connectivity index (χ1v) is 6.64. The zero-order valence-electron chi connectivity index (χ0n) is 8.21. The molecule has 0 amide bonds. The molecule has 0 aromatic rings. The fourth-order valence-electron chi connectivity index (χ4n) is 1.77. The Balaban J connectivity index is 2.68. The molecule has 0 unspecified atom stereocenters. The molecule has 12 heavy (non-hydrogen) atoms. The van der Waals surface area contributed by atoms with Crippen LogP contribution in [0.25, 0.3) is 0 Å². The van der Waals surface area contributed by atoms with E-state index in [2.05, 4.69) is 31.5 Å². The largest absolute Gasteiger partial charge is 0.306 e. The summed E-state index contributed by atoms with van der Waals surface area (Å²) in [5.41, 5.74) is 1.30. The molecule has 1 aliphatic rings. The third-order valence-corrected chi connectivity index (χ3v) is 5.81. The topological polar surface area (TPSA) is 20.3 Å². The van der Waals surface area contributed by atoms with Crippen molar-refractivity contribution in [2.24, 2.45) is 0 Å². The minimum Gasteiger partial charge on any atom is -0.306 e. The average Bonchev–Trinajstić information content (AvgIpc) is 2.34. The van der Waals surface area contributed by atoms with Gasteiger partial charge in [0, 0.05) is 25.4 Å². The first kappa shape index (κ1) is 10.0. The Morgan fingerprint density at radius 3 is 2.42 bits per heavy atom. The van der Waals surface area contributed by atoms with Crippen LogP contribution >= 0.6 is 7.29 Å². The summed E-state index contributed by atoms with van der Waals surface area (Å²) in [6, 6.07) is 0. The fraction of sp³-hybridized carbons (Fsp3) is 0.778. The molecule has 0 N–H and O–H groups in total. The first-order valence-electron chi connectivity index (χ1n) is 4.61. The van der Waals surface area contributed by atoms with Gasteiger partial charge in [-0.3, -0.25) is 4.67 Å². The molecule has 0 spiro atoms. The van der Waals surface area contributed by atoms with Crippen LogP contribution in [-0.4, -0.2) is 30.1 Å². The molecular weight excluding hydrogens is 169 g/mol. The lowest BCUT2D eigenvalue weighted by Gasteiger charge is -2.26. The smallest absolute Gasteiger partial charge is 0.157 e. The van der Waals surface area contributed by atoms with Crippen LogP contribution in [-0.2, 0) is 4.57 Å². The number of nitrogens with zero attached hydrogens (tertiary/aromatic N) is 1. The number of hydrogen-bond acceptors (Lipinski definition) is 1. The third-order valence-electron chi connectivity index (χ3n) is 2.47. The van der Waals surface area contributed by atoms with Gasteiger partial charge in [0.05, 0.1) is 0 Å². The van der Waals surface area contributed by atoms with E-state index in [0.717, 1.165) is 25.4 Å². The molecule has 0 saturated heterocycles. The van der Waals surface area contributed by atoms with Gasteiger partial charge in [-0.1, -0.05) is 25.5 Å². The van der Waals surface area contributed by atoms with Crippen LogP contribution in [0.1, 0.15) is 20.8 Å². The van der Waals surface area contributed by atoms with E-state index in [9.17, 15) is 4.57 Å². The highest BCUT2D eigenvalue weighted by molar-refractivity contribution is 7.62. The average molecular weight is 187 g/mol. The van der Waals surface area contributed by atoms with Gasteiger partial charge in [-0.05, 0) is 6.92 Å². The van der Waals surface area contributed by atoms with Crippen LogP contribution in [0.2, 0.25) is 0 Å². The lowest BCUT2D eigenvalue weighted by molar-refractivity contribution is 0.447. The highest BCUT2D eigenvalue weighted by Gasteiger charge is 2.31. The van der Waals surface area contributed by atoms with Crippen LogP contribution in [0, 0.1) is 0 Å². The number of rotatable bonds is 3. The first-order chi connectivity index (χ1) is 5.62. The summed E-state index contributed by atoms with van der Waals surface area (Å²) in [7, 11) is -2.00. The Labute approximate surface area is 75.1 Å². The number of allylic oxidation sites excluding steroid dienone is 2. The van der Waals surface area contributed by atoms with Crippen molar-refractivity contribution in [3.05, 3.63) is 11.6 Å². The SMILES string of the molecule is CCN(CC)[P@@]1(=O)CC=C(C)C1. The van der Waals surface area contributed by atoms with Gasteiger partial charge in [0.1, 0.15) is 0 Å². The van der Waals surface area contributed by atoms with Gasteiger partial charge in [-0.15, -0.1) is 0 Å². The Bertz CT molecular complexity index is 231. The summed E-state index contributed by atoms with van der Waals surface area (Å²) < 4.78 is 14.4. The Hall–Kier alpha value is -0.0700. The summed E-state index contributed by atoms with van der Waals surface area (Å²) in [5.74, 6) is 0. The predicted octanol–water partition coefficient (Wildman–Crippen LogP) is 2.57. The van der Waals surface area contributed by atoms with Crippen LogP contribution < -0.4 is 0 Å². The highest BCUT2D eigenvalue weighted by Crippen LogP contribution is 2.54. The standard InChI is InChI=1S/C9H18NOP/c1-4-10(5-2)12(11)7-6-9(3)8-12/h6H,4-5,7-8H2,1-3H3/t12-/m1/s1. The highest BCUT2D eigenvalue weighted by atomic mass is 31.2. The van der Waals surface area contributed by atoms with Gasteiger partial charge in [0.25, 0.3) is 0 Å².